The topological polar surface area (TPSA) is 49.4 Å². The Kier molecular flexibility index (Phi) is 6.08. The molecular formula is C27H28N2O2S. The van der Waals surface area contributed by atoms with Crippen LogP contribution in [0.1, 0.15) is 64.0 Å². The summed E-state index contributed by atoms with van der Waals surface area (Å²) in [6, 6.07) is 21.9. The maximum Gasteiger partial charge on any atom is 0.254 e. The monoisotopic (exact) mass is 444 g/mol. The second-order valence-electron chi connectivity index (χ2n) is 8.70. The quantitative estimate of drug-likeness (QED) is 0.559. The van der Waals surface area contributed by atoms with E-state index in [1.165, 1.54) is 5.56 Å². The fourth-order valence-electron chi connectivity index (χ4n) is 5.26. The maximum absolute atomic E-state index is 13.7. The zero-order chi connectivity index (χ0) is 21.9. The molecule has 5 rings (SSSR count). The van der Waals surface area contributed by atoms with Crippen LogP contribution in [0, 0.1) is 0 Å². The molecule has 1 aliphatic carbocycles. The maximum atomic E-state index is 13.7. The summed E-state index contributed by atoms with van der Waals surface area (Å²) in [5.41, 5.74) is 2.73. The van der Waals surface area contributed by atoms with Crippen molar-refractivity contribution in [1.82, 2.24) is 10.2 Å². The van der Waals surface area contributed by atoms with Gasteiger partial charge >= 0.3 is 0 Å². The largest absolute Gasteiger partial charge is 0.355 e. The van der Waals surface area contributed by atoms with Crippen LogP contribution in [0.5, 0.6) is 0 Å². The van der Waals surface area contributed by atoms with Crippen LogP contribution in [0.25, 0.3) is 0 Å². The van der Waals surface area contributed by atoms with E-state index in [1.54, 1.807) is 11.3 Å². The Morgan fingerprint density at radius 2 is 1.72 bits per heavy atom. The first-order valence-corrected chi connectivity index (χ1v) is 12.4. The van der Waals surface area contributed by atoms with Crippen molar-refractivity contribution in [3.05, 3.63) is 93.7 Å². The van der Waals surface area contributed by atoms with Gasteiger partial charge < -0.3 is 10.2 Å². The van der Waals surface area contributed by atoms with Gasteiger partial charge in [-0.05, 0) is 47.9 Å². The zero-order valence-electron chi connectivity index (χ0n) is 18.1. The summed E-state index contributed by atoms with van der Waals surface area (Å²) in [6.07, 6.45) is 5.09. The molecule has 2 aliphatic rings. The van der Waals surface area contributed by atoms with E-state index in [4.69, 9.17) is 0 Å². The van der Waals surface area contributed by atoms with E-state index in [2.05, 4.69) is 23.5 Å². The van der Waals surface area contributed by atoms with Crippen molar-refractivity contribution >= 4 is 23.2 Å². The molecule has 0 unspecified atom stereocenters. The van der Waals surface area contributed by atoms with Crippen LogP contribution in [0.3, 0.4) is 0 Å². The lowest BCUT2D eigenvalue weighted by Gasteiger charge is -2.44. The van der Waals surface area contributed by atoms with E-state index in [0.29, 0.717) is 12.1 Å². The molecule has 0 radical (unpaired) electrons. The summed E-state index contributed by atoms with van der Waals surface area (Å²) in [5, 5.41) is 5.23. The van der Waals surface area contributed by atoms with Crippen LogP contribution in [-0.2, 0) is 11.2 Å². The van der Waals surface area contributed by atoms with E-state index < -0.39 is 5.92 Å². The minimum absolute atomic E-state index is 0.00211. The van der Waals surface area contributed by atoms with E-state index in [1.807, 2.05) is 58.8 Å². The smallest absolute Gasteiger partial charge is 0.254 e. The number of carbonyl (C=O) groups is 2. The van der Waals surface area contributed by atoms with Crippen molar-refractivity contribution in [2.45, 2.75) is 50.1 Å². The summed E-state index contributed by atoms with van der Waals surface area (Å²) in [7, 11) is 0. The third-order valence-electron chi connectivity index (χ3n) is 6.77. The average molecular weight is 445 g/mol. The van der Waals surface area contributed by atoms with E-state index in [9.17, 15) is 9.59 Å². The minimum atomic E-state index is -0.404. The van der Waals surface area contributed by atoms with Crippen LogP contribution < -0.4 is 5.32 Å². The molecule has 1 N–H and O–H groups in total. The molecule has 0 saturated heterocycles. The third-order valence-corrected chi connectivity index (χ3v) is 7.71. The number of amides is 2. The van der Waals surface area contributed by atoms with Crippen molar-refractivity contribution in [2.75, 3.05) is 6.54 Å². The summed E-state index contributed by atoms with van der Waals surface area (Å²) in [6.45, 7) is 0.579. The summed E-state index contributed by atoms with van der Waals surface area (Å²) in [5.74, 6) is -0.333. The van der Waals surface area contributed by atoms with Gasteiger partial charge in [-0.25, -0.2) is 0 Å². The molecule has 1 saturated carbocycles. The SMILES string of the molecule is O=C(NCCc1ccccc1)[C@@H]1c2ccccc2C(=O)N(C2CCCC2)[C@H]1c1cccs1. The second kappa shape index (κ2) is 9.29. The van der Waals surface area contributed by atoms with Gasteiger partial charge in [0.2, 0.25) is 5.91 Å². The van der Waals surface area contributed by atoms with Crippen molar-refractivity contribution < 1.29 is 9.59 Å². The highest BCUT2D eigenvalue weighted by molar-refractivity contribution is 7.10. The summed E-state index contributed by atoms with van der Waals surface area (Å²) in [4.78, 5) is 30.5. The summed E-state index contributed by atoms with van der Waals surface area (Å²) < 4.78 is 0. The third kappa shape index (κ3) is 3.97. The van der Waals surface area contributed by atoms with Crippen molar-refractivity contribution in [3.63, 3.8) is 0 Å². The first-order valence-electron chi connectivity index (χ1n) is 11.5. The lowest BCUT2D eigenvalue weighted by molar-refractivity contribution is -0.124. The Morgan fingerprint density at radius 1 is 0.969 bits per heavy atom. The van der Waals surface area contributed by atoms with Gasteiger partial charge in [-0.15, -0.1) is 11.3 Å². The molecule has 32 heavy (non-hydrogen) atoms. The van der Waals surface area contributed by atoms with E-state index >= 15 is 0 Å². The molecule has 1 aliphatic heterocycles. The predicted molar refractivity (Wildman–Crippen MR) is 128 cm³/mol. The van der Waals surface area contributed by atoms with Gasteiger partial charge in [0, 0.05) is 23.0 Å². The Bertz CT molecular complexity index is 1070. The van der Waals surface area contributed by atoms with Crippen molar-refractivity contribution in [2.24, 2.45) is 0 Å². The molecule has 2 aromatic carbocycles. The molecule has 0 bridgehead atoms. The fraction of sp³-hybridized carbons (Fsp3) is 0.333. The molecule has 2 heterocycles. The van der Waals surface area contributed by atoms with Crippen LogP contribution in [-0.4, -0.2) is 29.3 Å². The van der Waals surface area contributed by atoms with Gasteiger partial charge in [0.15, 0.2) is 0 Å². The number of carbonyl (C=O) groups excluding carboxylic acids is 2. The van der Waals surface area contributed by atoms with Crippen LogP contribution in [0.15, 0.2) is 72.1 Å². The lowest BCUT2D eigenvalue weighted by Crippen LogP contribution is -2.50. The molecule has 5 heteroatoms. The number of nitrogens with zero attached hydrogens (tertiary/aromatic N) is 1. The highest BCUT2D eigenvalue weighted by Gasteiger charge is 2.47. The van der Waals surface area contributed by atoms with Crippen LogP contribution >= 0.6 is 11.3 Å². The predicted octanol–water partition coefficient (Wildman–Crippen LogP) is 5.33. The Hall–Kier alpha value is -2.92. The zero-order valence-corrected chi connectivity index (χ0v) is 18.9. The van der Waals surface area contributed by atoms with Gasteiger partial charge in [0.05, 0.1) is 12.0 Å². The molecule has 1 aromatic heterocycles. The Balaban J connectivity index is 1.49. The van der Waals surface area contributed by atoms with Gasteiger partial charge in [-0.2, -0.15) is 0 Å². The molecule has 0 spiro atoms. The number of thiophene rings is 1. The molecule has 164 valence electrons. The van der Waals surface area contributed by atoms with Crippen LogP contribution in [0.4, 0.5) is 0 Å². The Morgan fingerprint density at radius 3 is 2.47 bits per heavy atom. The first kappa shape index (κ1) is 21.0. The molecule has 2 atom stereocenters. The van der Waals surface area contributed by atoms with E-state index in [0.717, 1.165) is 42.5 Å². The molecule has 2 amide bonds. The summed E-state index contributed by atoms with van der Waals surface area (Å²) >= 11 is 1.64. The number of rotatable bonds is 6. The number of benzene rings is 2. The average Bonchev–Trinajstić information content (AvgIpc) is 3.54. The number of hydrogen-bond acceptors (Lipinski definition) is 3. The number of hydrogen-bond donors (Lipinski definition) is 1. The second-order valence-corrected chi connectivity index (χ2v) is 9.68. The van der Waals surface area contributed by atoms with Gasteiger partial charge in [-0.3, -0.25) is 9.59 Å². The van der Waals surface area contributed by atoms with Gasteiger partial charge in [0.1, 0.15) is 0 Å². The van der Waals surface area contributed by atoms with Crippen LogP contribution in [0.2, 0.25) is 0 Å². The molecular weight excluding hydrogens is 416 g/mol. The highest BCUT2D eigenvalue weighted by atomic mass is 32.1. The molecule has 3 aromatic rings. The van der Waals surface area contributed by atoms with Gasteiger partial charge in [-0.1, -0.05) is 67.4 Å². The number of fused-ring (bicyclic) bond motifs is 1. The molecule has 1 fully saturated rings. The Labute approximate surface area is 193 Å². The fourth-order valence-corrected chi connectivity index (χ4v) is 6.13. The first-order chi connectivity index (χ1) is 15.7. The normalized spacial score (nSPS) is 20.9. The van der Waals surface area contributed by atoms with Crippen molar-refractivity contribution in [1.29, 1.82) is 0 Å². The standard InChI is InChI=1S/C27H28N2O2S/c30-26(28-17-16-19-9-2-1-3-10-19)24-21-13-6-7-14-22(21)27(31)29(20-11-4-5-12-20)25(24)23-15-8-18-32-23/h1-3,6-10,13-15,18,20,24-25H,4-5,11-12,16-17H2,(H,28,30)/t24-,25+/m1/s1. The minimum Gasteiger partial charge on any atom is -0.355 e. The van der Waals surface area contributed by atoms with E-state index in [-0.39, 0.29) is 23.9 Å². The van der Waals surface area contributed by atoms with Crippen molar-refractivity contribution in [3.8, 4) is 0 Å². The van der Waals surface area contributed by atoms with Gasteiger partial charge in [0.25, 0.3) is 5.91 Å². The highest BCUT2D eigenvalue weighted by Crippen LogP contribution is 2.47. The molecule has 4 nitrogen and oxygen atoms in total. The number of nitrogens with one attached hydrogen (secondary N) is 1. The lowest BCUT2D eigenvalue weighted by atomic mass is 9.80.